The predicted octanol–water partition coefficient (Wildman–Crippen LogP) is -0.314. The molecule has 5 heteroatoms. The number of quaternary nitrogens is 1. The summed E-state index contributed by atoms with van der Waals surface area (Å²) in [4.78, 5) is 26.5. The van der Waals surface area contributed by atoms with Gasteiger partial charge in [0, 0.05) is 19.6 Å². The normalized spacial score (nSPS) is 11.8. The van der Waals surface area contributed by atoms with Crippen molar-refractivity contribution in [3.05, 3.63) is 35.9 Å². The highest BCUT2D eigenvalue weighted by atomic mass is 16.2. The van der Waals surface area contributed by atoms with E-state index in [2.05, 4.69) is 5.32 Å². The molecule has 2 amide bonds. The highest BCUT2D eigenvalue weighted by Crippen LogP contribution is 1.96. The molecular weight excluding hydrogens is 266 g/mol. The van der Waals surface area contributed by atoms with Crippen LogP contribution in [0.3, 0.4) is 0 Å². The molecule has 116 valence electrons. The van der Waals surface area contributed by atoms with Gasteiger partial charge in [-0.25, -0.2) is 0 Å². The Morgan fingerprint density at radius 3 is 2.29 bits per heavy atom. The summed E-state index contributed by atoms with van der Waals surface area (Å²) in [5.41, 5.74) is 1.07. The van der Waals surface area contributed by atoms with Gasteiger partial charge in [-0.15, -0.1) is 0 Å². The topological polar surface area (TPSA) is 53.9 Å². The molecule has 0 spiro atoms. The molecule has 0 bridgehead atoms. The van der Waals surface area contributed by atoms with Crippen LogP contribution in [0.2, 0.25) is 0 Å². The van der Waals surface area contributed by atoms with Crippen molar-refractivity contribution < 1.29 is 14.5 Å². The van der Waals surface area contributed by atoms with Crippen LogP contribution in [0.1, 0.15) is 19.4 Å². The van der Waals surface area contributed by atoms with Crippen LogP contribution in [-0.2, 0) is 16.1 Å². The summed E-state index contributed by atoms with van der Waals surface area (Å²) in [6.45, 7) is 6.52. The van der Waals surface area contributed by atoms with E-state index in [9.17, 15) is 9.59 Å². The molecule has 0 aromatic heterocycles. The molecule has 0 fully saturated rings. The lowest BCUT2D eigenvalue weighted by Crippen LogP contribution is -3.11. The van der Waals surface area contributed by atoms with Gasteiger partial charge in [0.25, 0.3) is 11.8 Å². The Hall–Kier alpha value is -1.88. The van der Waals surface area contributed by atoms with Crippen LogP contribution >= 0.6 is 0 Å². The first-order chi connectivity index (χ1) is 10.1. The molecule has 0 heterocycles. The van der Waals surface area contributed by atoms with E-state index >= 15 is 0 Å². The molecule has 1 aromatic rings. The Kier molecular flexibility index (Phi) is 7.46. The molecule has 1 unspecified atom stereocenters. The molecule has 1 aromatic carbocycles. The van der Waals surface area contributed by atoms with Crippen LogP contribution in [0.5, 0.6) is 0 Å². The Balaban J connectivity index is 2.32. The van der Waals surface area contributed by atoms with Crippen molar-refractivity contribution in [3.63, 3.8) is 0 Å². The van der Waals surface area contributed by atoms with Gasteiger partial charge in [-0.05, 0) is 19.4 Å². The summed E-state index contributed by atoms with van der Waals surface area (Å²) in [6, 6.07) is 9.78. The third kappa shape index (κ3) is 6.40. The van der Waals surface area contributed by atoms with Gasteiger partial charge in [0.15, 0.2) is 13.1 Å². The van der Waals surface area contributed by atoms with E-state index in [0.717, 1.165) is 10.5 Å². The van der Waals surface area contributed by atoms with Crippen LogP contribution in [0, 0.1) is 0 Å². The smallest absolute Gasteiger partial charge is 0.277 e. The first-order valence-corrected chi connectivity index (χ1v) is 7.46. The van der Waals surface area contributed by atoms with Crippen molar-refractivity contribution in [2.75, 3.05) is 33.2 Å². The molecule has 0 saturated carbocycles. The zero-order valence-corrected chi connectivity index (χ0v) is 13.2. The minimum atomic E-state index is -0.0382. The van der Waals surface area contributed by atoms with Crippen LogP contribution in [0.4, 0.5) is 0 Å². The maximum absolute atomic E-state index is 11.9. The van der Waals surface area contributed by atoms with Crippen LogP contribution in [-0.4, -0.2) is 49.9 Å². The van der Waals surface area contributed by atoms with E-state index in [4.69, 9.17) is 0 Å². The van der Waals surface area contributed by atoms with Gasteiger partial charge in [-0.3, -0.25) is 9.59 Å². The number of hydrogen-bond acceptors (Lipinski definition) is 2. The third-order valence-electron chi connectivity index (χ3n) is 3.36. The van der Waals surface area contributed by atoms with Crippen LogP contribution in [0.15, 0.2) is 30.3 Å². The largest absolute Gasteiger partial charge is 0.347 e. The van der Waals surface area contributed by atoms with Gasteiger partial charge in [-0.2, -0.15) is 0 Å². The average molecular weight is 292 g/mol. The van der Waals surface area contributed by atoms with Gasteiger partial charge in [0.1, 0.15) is 0 Å². The second-order valence-corrected chi connectivity index (χ2v) is 5.14. The van der Waals surface area contributed by atoms with Gasteiger partial charge >= 0.3 is 0 Å². The van der Waals surface area contributed by atoms with Gasteiger partial charge in [-0.1, -0.05) is 30.3 Å². The van der Waals surface area contributed by atoms with Gasteiger partial charge in [0.05, 0.1) is 7.05 Å². The van der Waals surface area contributed by atoms with Crippen molar-refractivity contribution >= 4 is 11.8 Å². The third-order valence-corrected chi connectivity index (χ3v) is 3.36. The van der Waals surface area contributed by atoms with E-state index in [1.165, 1.54) is 0 Å². The van der Waals surface area contributed by atoms with Crippen LogP contribution < -0.4 is 10.2 Å². The van der Waals surface area contributed by atoms with Crippen molar-refractivity contribution in [1.82, 2.24) is 10.2 Å². The number of rotatable bonds is 8. The van der Waals surface area contributed by atoms with Gasteiger partial charge in [0.2, 0.25) is 0 Å². The fourth-order valence-corrected chi connectivity index (χ4v) is 2.14. The predicted molar refractivity (Wildman–Crippen MR) is 82.8 cm³/mol. The minimum absolute atomic E-state index is 0.0382. The lowest BCUT2D eigenvalue weighted by Gasteiger charge is -2.20. The van der Waals surface area contributed by atoms with Crippen molar-refractivity contribution in [2.24, 2.45) is 0 Å². The van der Waals surface area contributed by atoms with E-state index in [0.29, 0.717) is 32.7 Å². The number of carbonyl (C=O) groups is 2. The van der Waals surface area contributed by atoms with E-state index in [-0.39, 0.29) is 11.8 Å². The Morgan fingerprint density at radius 1 is 1.10 bits per heavy atom. The van der Waals surface area contributed by atoms with Crippen molar-refractivity contribution in [3.8, 4) is 0 Å². The van der Waals surface area contributed by atoms with Crippen molar-refractivity contribution in [1.29, 1.82) is 0 Å². The lowest BCUT2D eigenvalue weighted by atomic mass is 10.2. The standard InChI is InChI=1S/C16H25N3O2/c1-4-19(5-2)16(21)13-18(3)12-15(20)17-11-14-9-7-6-8-10-14/h6-10H,4-5,11-13H2,1-3H3,(H,17,20)/p+1. The maximum atomic E-state index is 11.9. The summed E-state index contributed by atoms with van der Waals surface area (Å²) in [5.74, 6) is 0.0528. The van der Waals surface area contributed by atoms with E-state index < -0.39 is 0 Å². The average Bonchev–Trinajstić information content (AvgIpc) is 2.47. The molecule has 0 radical (unpaired) electrons. The Morgan fingerprint density at radius 2 is 1.71 bits per heavy atom. The molecule has 0 aliphatic heterocycles. The number of nitrogens with one attached hydrogen (secondary N) is 2. The number of carbonyl (C=O) groups excluding carboxylic acids is 2. The minimum Gasteiger partial charge on any atom is -0.347 e. The number of benzene rings is 1. The highest BCUT2D eigenvalue weighted by molar-refractivity contribution is 5.79. The zero-order valence-electron chi connectivity index (χ0n) is 13.2. The summed E-state index contributed by atoms with van der Waals surface area (Å²) >= 11 is 0. The molecule has 1 atom stereocenters. The Labute approximate surface area is 126 Å². The van der Waals surface area contributed by atoms with E-state index in [1.54, 1.807) is 4.90 Å². The number of hydrogen-bond donors (Lipinski definition) is 2. The zero-order chi connectivity index (χ0) is 15.7. The number of likely N-dealkylation sites (N-methyl/N-ethyl adjacent to an activating group) is 2. The maximum Gasteiger partial charge on any atom is 0.277 e. The molecule has 2 N–H and O–H groups in total. The first-order valence-electron chi connectivity index (χ1n) is 7.46. The fraction of sp³-hybridized carbons (Fsp3) is 0.500. The summed E-state index contributed by atoms with van der Waals surface area (Å²) < 4.78 is 0. The number of amides is 2. The monoisotopic (exact) mass is 292 g/mol. The molecule has 0 aliphatic carbocycles. The molecule has 21 heavy (non-hydrogen) atoms. The van der Waals surface area contributed by atoms with E-state index in [1.807, 2.05) is 51.2 Å². The molecule has 0 aliphatic rings. The van der Waals surface area contributed by atoms with Gasteiger partial charge < -0.3 is 15.1 Å². The first kappa shape index (κ1) is 17.2. The lowest BCUT2D eigenvalue weighted by molar-refractivity contribution is -0.863. The summed E-state index contributed by atoms with van der Waals surface area (Å²) in [6.07, 6.45) is 0. The Bertz CT molecular complexity index is 444. The summed E-state index contributed by atoms with van der Waals surface area (Å²) in [5, 5.41) is 2.88. The molecule has 0 saturated heterocycles. The van der Waals surface area contributed by atoms with Crippen molar-refractivity contribution in [2.45, 2.75) is 20.4 Å². The SMILES string of the molecule is CCN(CC)C(=O)C[NH+](C)CC(=O)NCc1ccccc1. The molecule has 1 rings (SSSR count). The quantitative estimate of drug-likeness (QED) is 0.690. The van der Waals surface area contributed by atoms with Crippen LogP contribution in [0.25, 0.3) is 0 Å². The molecular formula is C16H26N3O2+. The number of nitrogens with zero attached hydrogens (tertiary/aromatic N) is 1. The molecule has 5 nitrogen and oxygen atoms in total. The highest BCUT2D eigenvalue weighted by Gasteiger charge is 2.17. The summed E-state index contributed by atoms with van der Waals surface area (Å²) in [7, 11) is 1.86. The fourth-order valence-electron chi connectivity index (χ4n) is 2.14. The second kappa shape index (κ2) is 9.13. The second-order valence-electron chi connectivity index (χ2n) is 5.14.